The van der Waals surface area contributed by atoms with Crippen molar-refractivity contribution in [1.82, 2.24) is 0 Å². The highest BCUT2D eigenvalue weighted by Crippen LogP contribution is 2.30. The van der Waals surface area contributed by atoms with Crippen molar-refractivity contribution in [2.75, 3.05) is 6.61 Å². The highest BCUT2D eigenvalue weighted by Gasteiger charge is 2.13. The molecule has 2 aromatic rings. The molecule has 3 heteroatoms. The van der Waals surface area contributed by atoms with Crippen LogP contribution >= 0.6 is 0 Å². The first kappa shape index (κ1) is 9.46. The molecule has 0 atom stereocenters. The molecular formula is C13H12O3. The molecule has 0 radical (unpaired) electrons. The zero-order chi connectivity index (χ0) is 11.1. The third kappa shape index (κ3) is 1.40. The van der Waals surface area contributed by atoms with E-state index in [9.17, 15) is 4.79 Å². The minimum absolute atomic E-state index is 0.305. The second kappa shape index (κ2) is 3.37. The summed E-state index contributed by atoms with van der Waals surface area (Å²) in [4.78, 5) is 11.3. The summed E-state index contributed by atoms with van der Waals surface area (Å²) in [7, 11) is 0. The molecule has 1 aliphatic heterocycles. The largest absolute Gasteiger partial charge is 0.493 e. The lowest BCUT2D eigenvalue weighted by Gasteiger charge is -2.17. The number of ether oxygens (including phenoxy) is 1. The molecule has 2 heterocycles. The van der Waals surface area contributed by atoms with Crippen molar-refractivity contribution < 1.29 is 9.15 Å². The fraction of sp³-hybridized carbons (Fsp3) is 0.308. The van der Waals surface area contributed by atoms with Crippen molar-refractivity contribution in [3.05, 3.63) is 39.7 Å². The number of hydrogen-bond donors (Lipinski definition) is 0. The zero-order valence-corrected chi connectivity index (χ0v) is 9.08. The summed E-state index contributed by atoms with van der Waals surface area (Å²) in [6, 6.07) is 5.43. The predicted molar refractivity (Wildman–Crippen MR) is 61.0 cm³/mol. The van der Waals surface area contributed by atoms with Gasteiger partial charge in [0, 0.05) is 17.5 Å². The van der Waals surface area contributed by atoms with Crippen molar-refractivity contribution in [2.24, 2.45) is 0 Å². The van der Waals surface area contributed by atoms with Gasteiger partial charge in [0.1, 0.15) is 11.3 Å². The smallest absolute Gasteiger partial charge is 0.336 e. The van der Waals surface area contributed by atoms with Crippen LogP contribution < -0.4 is 10.4 Å². The van der Waals surface area contributed by atoms with Crippen LogP contribution in [0, 0.1) is 6.92 Å². The summed E-state index contributed by atoms with van der Waals surface area (Å²) in [5.74, 6) is 0.854. The number of rotatable bonds is 0. The minimum Gasteiger partial charge on any atom is -0.493 e. The average Bonchev–Trinajstić information content (AvgIpc) is 2.27. The van der Waals surface area contributed by atoms with Gasteiger partial charge in [0.05, 0.1) is 6.61 Å². The lowest BCUT2D eigenvalue weighted by Crippen LogP contribution is -2.08. The van der Waals surface area contributed by atoms with E-state index in [4.69, 9.17) is 9.15 Å². The second-order valence-electron chi connectivity index (χ2n) is 4.16. The van der Waals surface area contributed by atoms with Gasteiger partial charge in [0.2, 0.25) is 0 Å². The third-order valence-corrected chi connectivity index (χ3v) is 2.98. The van der Waals surface area contributed by atoms with Gasteiger partial charge in [-0.25, -0.2) is 4.79 Å². The lowest BCUT2D eigenvalue weighted by molar-refractivity contribution is 0.288. The van der Waals surface area contributed by atoms with Gasteiger partial charge < -0.3 is 9.15 Å². The van der Waals surface area contributed by atoms with Gasteiger partial charge in [-0.2, -0.15) is 0 Å². The van der Waals surface area contributed by atoms with Crippen LogP contribution in [0.5, 0.6) is 5.75 Å². The standard InChI is InChI=1S/C13H12O3/c1-8-5-13(14)16-12-7-11-9(6-10(8)12)3-2-4-15-11/h5-7H,2-4H2,1H3. The minimum atomic E-state index is -0.305. The van der Waals surface area contributed by atoms with E-state index in [0.717, 1.165) is 36.1 Å². The first-order valence-electron chi connectivity index (χ1n) is 5.44. The van der Waals surface area contributed by atoms with E-state index >= 15 is 0 Å². The van der Waals surface area contributed by atoms with Crippen molar-refractivity contribution in [1.29, 1.82) is 0 Å². The van der Waals surface area contributed by atoms with Gasteiger partial charge in [0.25, 0.3) is 0 Å². The van der Waals surface area contributed by atoms with Crippen LogP contribution in [0.4, 0.5) is 0 Å². The molecule has 0 fully saturated rings. The van der Waals surface area contributed by atoms with Crippen LogP contribution in [0.1, 0.15) is 17.5 Å². The maximum absolute atomic E-state index is 11.3. The van der Waals surface area contributed by atoms with Gasteiger partial charge in [-0.1, -0.05) is 0 Å². The Hall–Kier alpha value is -1.77. The lowest BCUT2D eigenvalue weighted by atomic mass is 10.0. The van der Waals surface area contributed by atoms with Gasteiger partial charge in [0.15, 0.2) is 0 Å². The Kier molecular flexibility index (Phi) is 1.99. The zero-order valence-electron chi connectivity index (χ0n) is 9.08. The van der Waals surface area contributed by atoms with Crippen LogP contribution in [-0.2, 0) is 6.42 Å². The molecule has 0 aliphatic carbocycles. The molecule has 0 spiro atoms. The van der Waals surface area contributed by atoms with Crippen molar-refractivity contribution in [3.63, 3.8) is 0 Å². The summed E-state index contributed by atoms with van der Waals surface area (Å²) >= 11 is 0. The topological polar surface area (TPSA) is 39.4 Å². The van der Waals surface area contributed by atoms with Crippen LogP contribution in [0.25, 0.3) is 11.0 Å². The molecule has 16 heavy (non-hydrogen) atoms. The van der Waals surface area contributed by atoms with Gasteiger partial charge in [-0.05, 0) is 37.0 Å². The fourth-order valence-corrected chi connectivity index (χ4v) is 2.17. The predicted octanol–water partition coefficient (Wildman–Crippen LogP) is 2.43. The molecule has 0 amide bonds. The number of benzene rings is 1. The Morgan fingerprint density at radius 2 is 2.12 bits per heavy atom. The van der Waals surface area contributed by atoms with Gasteiger partial charge in [-0.3, -0.25) is 0 Å². The summed E-state index contributed by atoms with van der Waals surface area (Å²) in [6.45, 7) is 2.67. The molecule has 1 aliphatic rings. The van der Waals surface area contributed by atoms with E-state index in [1.54, 1.807) is 0 Å². The first-order valence-corrected chi connectivity index (χ1v) is 5.44. The molecule has 0 saturated heterocycles. The van der Waals surface area contributed by atoms with Crippen LogP contribution in [-0.4, -0.2) is 6.61 Å². The highest BCUT2D eigenvalue weighted by atomic mass is 16.5. The third-order valence-electron chi connectivity index (χ3n) is 2.98. The average molecular weight is 216 g/mol. The maximum Gasteiger partial charge on any atom is 0.336 e. The Labute approximate surface area is 92.6 Å². The molecule has 0 unspecified atom stereocenters. The van der Waals surface area contributed by atoms with Gasteiger partial charge >= 0.3 is 5.63 Å². The Morgan fingerprint density at radius 3 is 3.00 bits per heavy atom. The quantitative estimate of drug-likeness (QED) is 0.635. The van der Waals surface area contributed by atoms with Crippen LogP contribution in [0.2, 0.25) is 0 Å². The number of hydrogen-bond acceptors (Lipinski definition) is 3. The Balaban J connectivity index is 2.35. The Bertz CT molecular complexity index is 610. The number of aryl methyl sites for hydroxylation is 2. The summed E-state index contributed by atoms with van der Waals surface area (Å²) < 4.78 is 10.7. The summed E-state index contributed by atoms with van der Waals surface area (Å²) in [5.41, 5.74) is 2.47. The van der Waals surface area contributed by atoms with Crippen LogP contribution in [0.3, 0.4) is 0 Å². The molecule has 1 aromatic carbocycles. The summed E-state index contributed by atoms with van der Waals surface area (Å²) in [6.07, 6.45) is 2.08. The monoisotopic (exact) mass is 216 g/mol. The van der Waals surface area contributed by atoms with E-state index in [-0.39, 0.29) is 5.63 Å². The van der Waals surface area contributed by atoms with Crippen molar-refractivity contribution in [3.8, 4) is 5.75 Å². The van der Waals surface area contributed by atoms with E-state index in [1.165, 1.54) is 11.6 Å². The van der Waals surface area contributed by atoms with E-state index in [0.29, 0.717) is 5.58 Å². The molecule has 0 saturated carbocycles. The van der Waals surface area contributed by atoms with E-state index in [1.807, 2.05) is 13.0 Å². The fourth-order valence-electron chi connectivity index (χ4n) is 2.17. The molecule has 82 valence electrons. The van der Waals surface area contributed by atoms with E-state index < -0.39 is 0 Å². The van der Waals surface area contributed by atoms with Crippen LogP contribution in [0.15, 0.2) is 27.4 Å². The highest BCUT2D eigenvalue weighted by molar-refractivity contribution is 5.82. The first-order chi connectivity index (χ1) is 7.74. The normalized spacial score (nSPS) is 14.6. The van der Waals surface area contributed by atoms with E-state index in [2.05, 4.69) is 6.07 Å². The molecule has 1 aromatic heterocycles. The second-order valence-corrected chi connectivity index (χ2v) is 4.16. The molecule has 0 bridgehead atoms. The molecule has 3 nitrogen and oxygen atoms in total. The maximum atomic E-state index is 11.3. The SMILES string of the molecule is Cc1cc(=O)oc2cc3c(cc12)CCCO3. The van der Waals surface area contributed by atoms with Crippen molar-refractivity contribution in [2.45, 2.75) is 19.8 Å². The Morgan fingerprint density at radius 1 is 1.25 bits per heavy atom. The van der Waals surface area contributed by atoms with Crippen molar-refractivity contribution >= 4 is 11.0 Å². The summed E-state index contributed by atoms with van der Waals surface area (Å²) in [5, 5.41) is 1.00. The number of fused-ring (bicyclic) bond motifs is 2. The molecule has 0 N–H and O–H groups in total. The van der Waals surface area contributed by atoms with Gasteiger partial charge in [-0.15, -0.1) is 0 Å². The molecular weight excluding hydrogens is 204 g/mol. The molecule has 3 rings (SSSR count).